The molecule has 0 bridgehead atoms. The average molecular weight is 598 g/mol. The number of aromatic nitrogens is 3. The summed E-state index contributed by atoms with van der Waals surface area (Å²) in [5, 5.41) is 3.05. The maximum absolute atomic E-state index is 13.7. The summed E-state index contributed by atoms with van der Waals surface area (Å²) >= 11 is 1.18. The van der Waals surface area contributed by atoms with Gasteiger partial charge in [-0.25, -0.2) is 28.2 Å². The summed E-state index contributed by atoms with van der Waals surface area (Å²) in [6.45, 7) is 6.56. The molecule has 0 aliphatic carbocycles. The van der Waals surface area contributed by atoms with Crippen LogP contribution in [0, 0.1) is 0 Å². The van der Waals surface area contributed by atoms with E-state index in [4.69, 9.17) is 4.74 Å². The Morgan fingerprint density at radius 2 is 1.82 bits per heavy atom. The second-order valence-electron chi connectivity index (χ2n) is 9.36. The van der Waals surface area contributed by atoms with Gasteiger partial charge in [-0.2, -0.15) is 13.2 Å². The van der Waals surface area contributed by atoms with Crippen LogP contribution in [-0.4, -0.2) is 47.6 Å². The van der Waals surface area contributed by atoms with E-state index >= 15 is 0 Å². The number of fused-ring (bicyclic) bond motifs is 1. The highest BCUT2D eigenvalue weighted by Crippen LogP contribution is 2.44. The number of amides is 1. The van der Waals surface area contributed by atoms with Gasteiger partial charge in [-0.3, -0.25) is 4.79 Å². The summed E-state index contributed by atoms with van der Waals surface area (Å²) in [6, 6.07) is 6.07. The number of carbonyl (C=O) groups is 2. The van der Waals surface area contributed by atoms with Crippen LogP contribution >= 0.6 is 11.3 Å². The van der Waals surface area contributed by atoms with Gasteiger partial charge in [0.1, 0.15) is 5.56 Å². The number of nitrogens with zero attached hydrogens (tertiary/aromatic N) is 4. The topological polar surface area (TPSA) is 131 Å². The second kappa shape index (κ2) is 10.8. The number of ether oxygens (including phenoxy) is 1. The van der Waals surface area contributed by atoms with E-state index < -0.39 is 38.8 Å². The van der Waals surface area contributed by atoms with Crippen molar-refractivity contribution in [3.8, 4) is 0 Å². The van der Waals surface area contributed by atoms with Gasteiger partial charge in [-0.05, 0) is 38.5 Å². The first-order chi connectivity index (χ1) is 18.7. The van der Waals surface area contributed by atoms with Gasteiger partial charge < -0.3 is 15.0 Å². The average Bonchev–Trinajstić information content (AvgIpc) is 3.39. The number of nitrogens with one attached hydrogen (secondary N) is 1. The van der Waals surface area contributed by atoms with Crippen LogP contribution in [0.15, 0.2) is 35.4 Å². The number of carbonyl (C=O) groups excluding carboxylic acids is 2. The predicted molar refractivity (Wildman–Crippen MR) is 141 cm³/mol. The van der Waals surface area contributed by atoms with Gasteiger partial charge >= 0.3 is 12.1 Å². The van der Waals surface area contributed by atoms with Crippen molar-refractivity contribution in [2.24, 2.45) is 0 Å². The van der Waals surface area contributed by atoms with E-state index in [9.17, 15) is 31.2 Å². The molecule has 3 aromatic rings. The van der Waals surface area contributed by atoms with Crippen LogP contribution in [0.1, 0.15) is 59.9 Å². The van der Waals surface area contributed by atoms with Crippen molar-refractivity contribution in [1.82, 2.24) is 15.0 Å². The number of thiazole rings is 1. The molecule has 3 heterocycles. The molecule has 15 heteroatoms. The molecule has 0 radical (unpaired) electrons. The highest BCUT2D eigenvalue weighted by atomic mass is 32.2. The molecule has 1 amide bonds. The van der Waals surface area contributed by atoms with Crippen molar-refractivity contribution in [3.05, 3.63) is 57.9 Å². The Labute approximate surface area is 232 Å². The van der Waals surface area contributed by atoms with Crippen molar-refractivity contribution in [3.63, 3.8) is 0 Å². The number of alkyl halides is 3. The van der Waals surface area contributed by atoms with Crippen molar-refractivity contribution in [2.75, 3.05) is 22.6 Å². The van der Waals surface area contributed by atoms with Gasteiger partial charge in [0.25, 0.3) is 0 Å². The van der Waals surface area contributed by atoms with E-state index in [2.05, 4.69) is 20.3 Å². The normalized spacial score (nSPS) is 14.6. The third-order valence-electron chi connectivity index (χ3n) is 6.31. The fourth-order valence-corrected chi connectivity index (χ4v) is 6.19. The van der Waals surface area contributed by atoms with E-state index in [1.807, 2.05) is 0 Å². The zero-order chi connectivity index (χ0) is 29.5. The standard InChI is InChI=1S/C25H26F3N5O5S2/c1-5-38-21(35)16-12-29-22(31-19(16)25(26,27)28)33-13-17-20(24(33,3)4)32-23(39-17)30-18(34)11-14-7-9-15(10-8-14)40(36,37)6-2/h7-10,12H,5-6,11,13H2,1-4H3,(H,30,32,34). The molecule has 1 aromatic carbocycles. The van der Waals surface area contributed by atoms with Gasteiger partial charge in [0.15, 0.2) is 20.7 Å². The number of benzene rings is 1. The number of halogens is 3. The zero-order valence-corrected chi connectivity index (χ0v) is 23.6. The van der Waals surface area contributed by atoms with E-state index in [0.29, 0.717) is 21.3 Å². The molecule has 0 saturated carbocycles. The molecule has 0 saturated heterocycles. The van der Waals surface area contributed by atoms with Gasteiger partial charge in [0, 0.05) is 6.20 Å². The minimum absolute atomic E-state index is 0.00685. The lowest BCUT2D eigenvalue weighted by Crippen LogP contribution is -2.38. The summed E-state index contributed by atoms with van der Waals surface area (Å²) in [5.41, 5.74) is -1.91. The Morgan fingerprint density at radius 3 is 2.40 bits per heavy atom. The molecule has 40 heavy (non-hydrogen) atoms. The highest BCUT2D eigenvalue weighted by Gasteiger charge is 2.44. The Balaban J connectivity index is 1.50. The maximum atomic E-state index is 13.7. The van der Waals surface area contributed by atoms with Crippen LogP contribution < -0.4 is 10.2 Å². The van der Waals surface area contributed by atoms with Crippen LogP contribution in [-0.2, 0) is 44.0 Å². The first kappa shape index (κ1) is 29.4. The molecule has 0 spiro atoms. The van der Waals surface area contributed by atoms with Crippen LogP contribution in [0.5, 0.6) is 0 Å². The molecule has 214 valence electrons. The third kappa shape index (κ3) is 5.80. The SMILES string of the molecule is CCOC(=O)c1cnc(N2Cc3sc(NC(=O)Cc4ccc(S(=O)(=O)CC)cc4)nc3C2(C)C)nc1C(F)(F)F. The van der Waals surface area contributed by atoms with Crippen molar-refractivity contribution in [2.45, 2.75) is 57.3 Å². The Morgan fingerprint density at radius 1 is 1.15 bits per heavy atom. The van der Waals surface area contributed by atoms with Gasteiger partial charge in [0.2, 0.25) is 11.9 Å². The fourth-order valence-electron chi connectivity index (χ4n) is 4.19. The largest absolute Gasteiger partial charge is 0.462 e. The molecule has 2 aromatic heterocycles. The van der Waals surface area contributed by atoms with E-state index in [-0.39, 0.29) is 42.1 Å². The molecule has 0 unspecified atom stereocenters. The Kier molecular flexibility index (Phi) is 7.91. The molecular formula is C25H26F3N5O5S2. The lowest BCUT2D eigenvalue weighted by Gasteiger charge is -2.32. The predicted octanol–water partition coefficient (Wildman–Crippen LogP) is 4.36. The minimum Gasteiger partial charge on any atom is -0.462 e. The molecule has 1 aliphatic heterocycles. The molecule has 0 fully saturated rings. The highest BCUT2D eigenvalue weighted by molar-refractivity contribution is 7.91. The van der Waals surface area contributed by atoms with Crippen molar-refractivity contribution in [1.29, 1.82) is 0 Å². The van der Waals surface area contributed by atoms with E-state index in [0.717, 1.165) is 6.20 Å². The number of hydrogen-bond donors (Lipinski definition) is 1. The fraction of sp³-hybridized carbons (Fsp3) is 0.400. The number of esters is 1. The summed E-state index contributed by atoms with van der Waals surface area (Å²) in [6.07, 6.45) is -4.10. The van der Waals surface area contributed by atoms with Crippen LogP contribution in [0.4, 0.5) is 24.3 Å². The minimum atomic E-state index is -4.91. The molecule has 4 rings (SSSR count). The molecule has 10 nitrogen and oxygen atoms in total. The van der Waals surface area contributed by atoms with E-state index in [1.165, 1.54) is 30.4 Å². The number of hydrogen-bond acceptors (Lipinski definition) is 10. The summed E-state index contributed by atoms with van der Waals surface area (Å²) in [5.74, 6) is -1.77. The Hall–Kier alpha value is -3.59. The monoisotopic (exact) mass is 597 g/mol. The second-order valence-corrected chi connectivity index (χ2v) is 12.7. The van der Waals surface area contributed by atoms with Crippen molar-refractivity contribution >= 4 is 44.1 Å². The molecule has 1 aliphatic rings. The van der Waals surface area contributed by atoms with Gasteiger partial charge in [-0.1, -0.05) is 30.4 Å². The van der Waals surface area contributed by atoms with Crippen molar-refractivity contribution < 1.29 is 35.9 Å². The van der Waals surface area contributed by atoms with Crippen LogP contribution in [0.2, 0.25) is 0 Å². The molecule has 0 atom stereocenters. The van der Waals surface area contributed by atoms with E-state index in [1.54, 1.807) is 37.8 Å². The lowest BCUT2D eigenvalue weighted by atomic mass is 10.0. The number of anilines is 2. The van der Waals surface area contributed by atoms with Crippen LogP contribution in [0.25, 0.3) is 0 Å². The third-order valence-corrected chi connectivity index (χ3v) is 9.01. The first-order valence-corrected chi connectivity index (χ1v) is 14.6. The number of rotatable bonds is 8. The lowest BCUT2D eigenvalue weighted by molar-refractivity contribution is -0.141. The quantitative estimate of drug-likeness (QED) is 0.376. The molecular weight excluding hydrogens is 571 g/mol. The van der Waals surface area contributed by atoms with Gasteiger partial charge in [-0.15, -0.1) is 0 Å². The number of sulfone groups is 1. The summed E-state index contributed by atoms with van der Waals surface area (Å²) in [7, 11) is -3.34. The summed E-state index contributed by atoms with van der Waals surface area (Å²) in [4.78, 5) is 39.3. The maximum Gasteiger partial charge on any atom is 0.434 e. The Bertz CT molecular complexity index is 1550. The first-order valence-electron chi connectivity index (χ1n) is 12.2. The molecule has 1 N–H and O–H groups in total. The summed E-state index contributed by atoms with van der Waals surface area (Å²) < 4.78 is 69.9. The zero-order valence-electron chi connectivity index (χ0n) is 22.0. The van der Waals surface area contributed by atoms with Crippen LogP contribution in [0.3, 0.4) is 0 Å². The smallest absolute Gasteiger partial charge is 0.434 e. The van der Waals surface area contributed by atoms with Gasteiger partial charge in [0.05, 0.1) is 46.3 Å².